The number of nitrogens with zero attached hydrogens (tertiary/aromatic N) is 3. The van der Waals surface area contributed by atoms with Crippen molar-refractivity contribution in [2.24, 2.45) is 0 Å². The Morgan fingerprint density at radius 2 is 1.76 bits per heavy atom. The van der Waals surface area contributed by atoms with Gasteiger partial charge in [-0.05, 0) is 12.1 Å². The Balaban J connectivity index is 3.02. The highest BCUT2D eigenvalue weighted by Gasteiger charge is 2.19. The first-order valence-electron chi connectivity index (χ1n) is 6.43. The number of methoxy groups -OCH3 is 2. The van der Waals surface area contributed by atoms with E-state index >= 15 is 0 Å². The average Bonchev–Trinajstić information content (AvgIpc) is 2.53. The van der Waals surface area contributed by atoms with Gasteiger partial charge in [0.1, 0.15) is 11.5 Å². The average molecular weight is 287 g/mol. The van der Waals surface area contributed by atoms with Crippen molar-refractivity contribution in [2.75, 3.05) is 27.3 Å². The van der Waals surface area contributed by atoms with Crippen LogP contribution in [0.2, 0.25) is 0 Å². The number of amides is 1. The van der Waals surface area contributed by atoms with Crippen LogP contribution >= 0.6 is 0 Å². The molecule has 0 spiro atoms. The van der Waals surface area contributed by atoms with E-state index in [-0.39, 0.29) is 31.8 Å². The summed E-state index contributed by atoms with van der Waals surface area (Å²) in [5, 5.41) is 17.3. The normalized spacial score (nSPS) is 9.33. The van der Waals surface area contributed by atoms with Crippen LogP contribution in [-0.2, 0) is 0 Å². The van der Waals surface area contributed by atoms with E-state index in [1.807, 2.05) is 12.1 Å². The minimum absolute atomic E-state index is 0.218. The lowest BCUT2D eigenvalue weighted by atomic mass is 10.1. The van der Waals surface area contributed by atoms with Gasteiger partial charge < -0.3 is 14.4 Å². The second kappa shape index (κ2) is 8.44. The molecule has 0 bridgehead atoms. The molecule has 0 unspecified atom stereocenters. The molecule has 110 valence electrons. The molecule has 0 heterocycles. The third kappa shape index (κ3) is 4.39. The Kier molecular flexibility index (Phi) is 6.56. The smallest absolute Gasteiger partial charge is 0.257 e. The van der Waals surface area contributed by atoms with Gasteiger partial charge in [0.05, 0.1) is 44.8 Å². The number of carbonyl (C=O) groups is 1. The largest absolute Gasteiger partial charge is 0.497 e. The molecule has 0 N–H and O–H groups in total. The molecule has 0 atom stereocenters. The van der Waals surface area contributed by atoms with E-state index in [0.29, 0.717) is 17.1 Å². The van der Waals surface area contributed by atoms with Crippen LogP contribution in [0.1, 0.15) is 23.2 Å². The Morgan fingerprint density at radius 3 is 2.24 bits per heavy atom. The SMILES string of the molecule is COc1ccc(C(=O)N(CCC#N)CCC#N)c(OC)c1. The quantitative estimate of drug-likeness (QED) is 0.765. The number of hydrogen-bond donors (Lipinski definition) is 0. The van der Waals surface area contributed by atoms with Crippen molar-refractivity contribution >= 4 is 5.91 Å². The van der Waals surface area contributed by atoms with Crippen LogP contribution in [0.15, 0.2) is 18.2 Å². The lowest BCUT2D eigenvalue weighted by Crippen LogP contribution is -2.33. The lowest BCUT2D eigenvalue weighted by molar-refractivity contribution is 0.0759. The molecule has 1 amide bonds. The number of rotatable bonds is 7. The molecular formula is C15H17N3O3. The lowest BCUT2D eigenvalue weighted by Gasteiger charge is -2.21. The van der Waals surface area contributed by atoms with E-state index < -0.39 is 0 Å². The summed E-state index contributed by atoms with van der Waals surface area (Å²) >= 11 is 0. The summed E-state index contributed by atoms with van der Waals surface area (Å²) in [6.07, 6.45) is 0.436. The fourth-order valence-corrected chi connectivity index (χ4v) is 1.83. The van der Waals surface area contributed by atoms with Crippen LogP contribution in [0.5, 0.6) is 11.5 Å². The van der Waals surface area contributed by atoms with Crippen LogP contribution in [0.25, 0.3) is 0 Å². The van der Waals surface area contributed by atoms with E-state index in [1.54, 1.807) is 18.2 Å². The Morgan fingerprint density at radius 1 is 1.14 bits per heavy atom. The number of carbonyl (C=O) groups excluding carboxylic acids is 1. The molecule has 6 heteroatoms. The number of benzene rings is 1. The van der Waals surface area contributed by atoms with E-state index in [2.05, 4.69) is 0 Å². The number of hydrogen-bond acceptors (Lipinski definition) is 5. The van der Waals surface area contributed by atoms with Crippen molar-refractivity contribution in [1.29, 1.82) is 10.5 Å². The zero-order chi connectivity index (χ0) is 15.7. The molecule has 0 aromatic heterocycles. The van der Waals surface area contributed by atoms with Crippen molar-refractivity contribution in [3.63, 3.8) is 0 Å². The predicted molar refractivity (Wildman–Crippen MR) is 75.9 cm³/mol. The molecule has 0 saturated carbocycles. The monoisotopic (exact) mass is 287 g/mol. The van der Waals surface area contributed by atoms with Gasteiger partial charge in [-0.1, -0.05) is 0 Å². The van der Waals surface area contributed by atoms with Crippen LogP contribution in [-0.4, -0.2) is 38.1 Å². The summed E-state index contributed by atoms with van der Waals surface area (Å²) in [5.41, 5.74) is 0.383. The van der Waals surface area contributed by atoms with Gasteiger partial charge in [0, 0.05) is 19.2 Å². The maximum atomic E-state index is 12.5. The summed E-state index contributed by atoms with van der Waals surface area (Å²) in [4.78, 5) is 14.0. The maximum Gasteiger partial charge on any atom is 0.257 e. The Labute approximate surface area is 124 Å². The first kappa shape index (κ1) is 16.3. The summed E-state index contributed by atoms with van der Waals surface area (Å²) in [5.74, 6) is 0.724. The van der Waals surface area contributed by atoms with E-state index in [9.17, 15) is 4.79 Å². The molecule has 1 aromatic rings. The van der Waals surface area contributed by atoms with E-state index in [1.165, 1.54) is 19.1 Å². The number of ether oxygens (including phenoxy) is 2. The zero-order valence-corrected chi connectivity index (χ0v) is 12.1. The Bertz CT molecular complexity index is 555. The van der Waals surface area contributed by atoms with Gasteiger partial charge in [0.25, 0.3) is 5.91 Å². The minimum Gasteiger partial charge on any atom is -0.497 e. The molecule has 0 aliphatic heterocycles. The summed E-state index contributed by atoms with van der Waals surface area (Å²) < 4.78 is 10.3. The topological polar surface area (TPSA) is 86.4 Å². The van der Waals surface area contributed by atoms with Crippen LogP contribution in [0.3, 0.4) is 0 Å². The third-order valence-corrected chi connectivity index (χ3v) is 2.91. The molecule has 0 radical (unpaired) electrons. The van der Waals surface area contributed by atoms with E-state index in [4.69, 9.17) is 20.0 Å². The molecule has 0 fully saturated rings. The van der Waals surface area contributed by atoms with Crippen molar-refractivity contribution in [1.82, 2.24) is 4.90 Å². The highest BCUT2D eigenvalue weighted by atomic mass is 16.5. The van der Waals surface area contributed by atoms with Crippen LogP contribution in [0.4, 0.5) is 0 Å². The van der Waals surface area contributed by atoms with Crippen molar-refractivity contribution in [3.8, 4) is 23.6 Å². The van der Waals surface area contributed by atoms with Crippen molar-refractivity contribution < 1.29 is 14.3 Å². The molecule has 1 aromatic carbocycles. The zero-order valence-electron chi connectivity index (χ0n) is 12.1. The van der Waals surface area contributed by atoms with Gasteiger partial charge in [0.2, 0.25) is 0 Å². The summed E-state index contributed by atoms with van der Waals surface area (Å²) in [6, 6.07) is 8.91. The Hall–Kier alpha value is -2.73. The molecule has 1 rings (SSSR count). The van der Waals surface area contributed by atoms with Gasteiger partial charge in [-0.15, -0.1) is 0 Å². The fourth-order valence-electron chi connectivity index (χ4n) is 1.83. The second-order valence-corrected chi connectivity index (χ2v) is 4.17. The van der Waals surface area contributed by atoms with Gasteiger partial charge in [-0.25, -0.2) is 0 Å². The molecule has 6 nitrogen and oxygen atoms in total. The molecule has 0 aliphatic carbocycles. The molecule has 0 aliphatic rings. The first-order chi connectivity index (χ1) is 10.2. The molecular weight excluding hydrogens is 270 g/mol. The molecule has 21 heavy (non-hydrogen) atoms. The number of nitriles is 2. The van der Waals surface area contributed by atoms with Gasteiger partial charge in [0.15, 0.2) is 0 Å². The minimum atomic E-state index is -0.264. The van der Waals surface area contributed by atoms with Crippen LogP contribution in [0, 0.1) is 22.7 Å². The van der Waals surface area contributed by atoms with Gasteiger partial charge in [-0.3, -0.25) is 4.79 Å². The highest BCUT2D eigenvalue weighted by Crippen LogP contribution is 2.25. The highest BCUT2D eigenvalue weighted by molar-refractivity contribution is 5.97. The van der Waals surface area contributed by atoms with Crippen LogP contribution < -0.4 is 9.47 Å². The van der Waals surface area contributed by atoms with Crippen molar-refractivity contribution in [3.05, 3.63) is 23.8 Å². The summed E-state index contributed by atoms with van der Waals surface area (Å²) in [6.45, 7) is 0.568. The first-order valence-corrected chi connectivity index (χ1v) is 6.43. The van der Waals surface area contributed by atoms with Crippen molar-refractivity contribution in [2.45, 2.75) is 12.8 Å². The molecule has 0 saturated heterocycles. The second-order valence-electron chi connectivity index (χ2n) is 4.17. The third-order valence-electron chi connectivity index (χ3n) is 2.91. The van der Waals surface area contributed by atoms with E-state index in [0.717, 1.165) is 0 Å². The summed E-state index contributed by atoms with van der Waals surface area (Å²) in [7, 11) is 3.00. The predicted octanol–water partition coefficient (Wildman–Crippen LogP) is 1.97. The standard InChI is InChI=1S/C15H17N3O3/c1-20-12-5-6-13(14(11-12)21-2)15(19)18(9-3-7-16)10-4-8-17/h5-6,11H,3-4,9-10H2,1-2H3. The fraction of sp³-hybridized carbons (Fsp3) is 0.400. The van der Waals surface area contributed by atoms with Gasteiger partial charge >= 0.3 is 0 Å². The maximum absolute atomic E-state index is 12.5. The van der Waals surface area contributed by atoms with Gasteiger partial charge in [-0.2, -0.15) is 10.5 Å².